The lowest BCUT2D eigenvalue weighted by Gasteiger charge is -2.22. The number of rotatable bonds is 4. The molecule has 112 valence electrons. The summed E-state index contributed by atoms with van der Waals surface area (Å²) in [4.78, 5) is 9.42. The summed E-state index contributed by atoms with van der Waals surface area (Å²) in [5.74, 6) is 1.99. The highest BCUT2D eigenvalue weighted by atomic mass is 16.5. The minimum atomic E-state index is 0.738. The van der Waals surface area contributed by atoms with Crippen LogP contribution in [0.15, 0.2) is 6.20 Å². The van der Waals surface area contributed by atoms with Crippen LogP contribution < -0.4 is 0 Å². The SMILES string of the molecule is CN(C)Cc1cnc2n1CCN(C[C@@H]1CCOC1)CC2. The van der Waals surface area contributed by atoms with Crippen molar-refractivity contribution >= 4 is 0 Å². The van der Waals surface area contributed by atoms with E-state index in [-0.39, 0.29) is 0 Å². The van der Waals surface area contributed by atoms with E-state index in [1.165, 1.54) is 24.5 Å². The van der Waals surface area contributed by atoms with Gasteiger partial charge < -0.3 is 19.1 Å². The van der Waals surface area contributed by atoms with Crippen LogP contribution in [0.5, 0.6) is 0 Å². The van der Waals surface area contributed by atoms with Gasteiger partial charge in [-0.15, -0.1) is 0 Å². The zero-order valence-corrected chi connectivity index (χ0v) is 12.7. The number of ether oxygens (including phenoxy) is 1. The standard InChI is InChI=1S/C15H26N4O/c1-17(2)11-14-9-16-15-3-5-18(6-7-19(14)15)10-13-4-8-20-12-13/h9,13H,3-8,10-12H2,1-2H3/t13-/m0/s1. The molecule has 0 radical (unpaired) electrons. The van der Waals surface area contributed by atoms with Gasteiger partial charge in [-0.1, -0.05) is 0 Å². The summed E-state index contributed by atoms with van der Waals surface area (Å²) in [7, 11) is 4.23. The largest absolute Gasteiger partial charge is 0.381 e. The van der Waals surface area contributed by atoms with Gasteiger partial charge in [-0.3, -0.25) is 0 Å². The highest BCUT2D eigenvalue weighted by Crippen LogP contribution is 2.17. The van der Waals surface area contributed by atoms with Crippen molar-refractivity contribution in [2.24, 2.45) is 5.92 Å². The molecule has 5 heteroatoms. The molecule has 0 amide bonds. The highest BCUT2D eigenvalue weighted by molar-refractivity contribution is 5.07. The Hall–Kier alpha value is -0.910. The van der Waals surface area contributed by atoms with Gasteiger partial charge in [-0.25, -0.2) is 4.98 Å². The van der Waals surface area contributed by atoms with Crippen LogP contribution in [0.25, 0.3) is 0 Å². The zero-order chi connectivity index (χ0) is 13.9. The minimum Gasteiger partial charge on any atom is -0.381 e. The fourth-order valence-electron chi connectivity index (χ4n) is 3.26. The summed E-state index contributed by atoms with van der Waals surface area (Å²) in [6.45, 7) is 7.42. The quantitative estimate of drug-likeness (QED) is 0.817. The average molecular weight is 278 g/mol. The van der Waals surface area contributed by atoms with Crippen LogP contribution >= 0.6 is 0 Å². The summed E-state index contributed by atoms with van der Waals surface area (Å²) >= 11 is 0. The van der Waals surface area contributed by atoms with Gasteiger partial charge in [0, 0.05) is 51.9 Å². The normalized spacial score (nSPS) is 24.1. The Bertz CT molecular complexity index is 437. The number of aromatic nitrogens is 2. The van der Waals surface area contributed by atoms with E-state index in [2.05, 4.69) is 39.6 Å². The van der Waals surface area contributed by atoms with E-state index >= 15 is 0 Å². The van der Waals surface area contributed by atoms with Gasteiger partial charge in [0.25, 0.3) is 0 Å². The third-order valence-electron chi connectivity index (χ3n) is 4.33. The molecule has 3 rings (SSSR count). The maximum atomic E-state index is 5.49. The van der Waals surface area contributed by atoms with E-state index in [4.69, 9.17) is 4.74 Å². The molecule has 0 unspecified atom stereocenters. The lowest BCUT2D eigenvalue weighted by molar-refractivity contribution is 0.167. The lowest BCUT2D eigenvalue weighted by Crippen LogP contribution is -2.32. The average Bonchev–Trinajstić information content (AvgIpc) is 2.98. The zero-order valence-electron chi connectivity index (χ0n) is 12.7. The predicted molar refractivity (Wildman–Crippen MR) is 78.7 cm³/mol. The first-order chi connectivity index (χ1) is 9.72. The maximum absolute atomic E-state index is 5.49. The first-order valence-corrected chi connectivity index (χ1v) is 7.70. The van der Waals surface area contributed by atoms with Crippen molar-refractivity contribution in [3.05, 3.63) is 17.7 Å². The van der Waals surface area contributed by atoms with Crippen molar-refractivity contribution < 1.29 is 4.74 Å². The number of hydrogen-bond donors (Lipinski definition) is 0. The molecule has 3 heterocycles. The molecule has 5 nitrogen and oxygen atoms in total. The molecular formula is C15H26N4O. The Morgan fingerprint density at radius 1 is 1.35 bits per heavy atom. The van der Waals surface area contributed by atoms with Gasteiger partial charge >= 0.3 is 0 Å². The molecule has 2 aliphatic rings. The molecular weight excluding hydrogens is 252 g/mol. The third kappa shape index (κ3) is 3.22. The Labute approximate surface area is 121 Å². The summed E-state index contributed by atoms with van der Waals surface area (Å²) in [5.41, 5.74) is 1.34. The van der Waals surface area contributed by atoms with Crippen LogP contribution in [0.4, 0.5) is 0 Å². The van der Waals surface area contributed by atoms with E-state index in [1.807, 2.05) is 0 Å². The van der Waals surface area contributed by atoms with Crippen molar-refractivity contribution in [2.75, 3.05) is 46.9 Å². The first-order valence-electron chi connectivity index (χ1n) is 7.70. The van der Waals surface area contributed by atoms with Gasteiger partial charge in [0.15, 0.2) is 0 Å². The second-order valence-electron chi connectivity index (χ2n) is 6.34. The van der Waals surface area contributed by atoms with Crippen LogP contribution in [0.3, 0.4) is 0 Å². The van der Waals surface area contributed by atoms with Crippen LogP contribution in [0.1, 0.15) is 17.9 Å². The molecule has 1 fully saturated rings. The summed E-state index contributed by atoms with van der Waals surface area (Å²) in [6.07, 6.45) is 4.35. The number of hydrogen-bond acceptors (Lipinski definition) is 4. The molecule has 0 bridgehead atoms. The maximum Gasteiger partial charge on any atom is 0.110 e. The lowest BCUT2D eigenvalue weighted by atomic mass is 10.1. The molecule has 1 saturated heterocycles. The smallest absolute Gasteiger partial charge is 0.110 e. The molecule has 1 aromatic heterocycles. The molecule has 2 aliphatic heterocycles. The van der Waals surface area contributed by atoms with E-state index in [9.17, 15) is 0 Å². The van der Waals surface area contributed by atoms with Crippen molar-refractivity contribution in [2.45, 2.75) is 25.9 Å². The van der Waals surface area contributed by atoms with E-state index in [0.29, 0.717) is 0 Å². The monoisotopic (exact) mass is 278 g/mol. The van der Waals surface area contributed by atoms with E-state index in [1.54, 1.807) is 0 Å². The molecule has 1 aromatic rings. The van der Waals surface area contributed by atoms with Crippen molar-refractivity contribution in [3.63, 3.8) is 0 Å². The predicted octanol–water partition coefficient (Wildman–Crippen LogP) is 0.839. The van der Waals surface area contributed by atoms with Crippen molar-refractivity contribution in [1.82, 2.24) is 19.4 Å². The summed E-state index contributed by atoms with van der Waals surface area (Å²) < 4.78 is 7.91. The second kappa shape index (κ2) is 6.24. The number of fused-ring (bicyclic) bond motifs is 1. The minimum absolute atomic E-state index is 0.738. The van der Waals surface area contributed by atoms with Gasteiger partial charge in [0.1, 0.15) is 5.82 Å². The highest BCUT2D eigenvalue weighted by Gasteiger charge is 2.22. The Balaban J connectivity index is 1.61. The van der Waals surface area contributed by atoms with Gasteiger partial charge in [0.2, 0.25) is 0 Å². The fourth-order valence-corrected chi connectivity index (χ4v) is 3.26. The van der Waals surface area contributed by atoms with Crippen LogP contribution in [0.2, 0.25) is 0 Å². The molecule has 0 saturated carbocycles. The second-order valence-corrected chi connectivity index (χ2v) is 6.34. The Morgan fingerprint density at radius 2 is 2.25 bits per heavy atom. The topological polar surface area (TPSA) is 33.5 Å². The van der Waals surface area contributed by atoms with Gasteiger partial charge in [-0.2, -0.15) is 0 Å². The van der Waals surface area contributed by atoms with Gasteiger partial charge in [-0.05, 0) is 26.4 Å². The Kier molecular flexibility index (Phi) is 4.38. The first kappa shape index (κ1) is 14.0. The van der Waals surface area contributed by atoms with Crippen molar-refractivity contribution in [3.8, 4) is 0 Å². The molecule has 0 N–H and O–H groups in total. The van der Waals surface area contributed by atoms with Crippen LogP contribution in [-0.4, -0.2) is 66.3 Å². The molecule has 20 heavy (non-hydrogen) atoms. The van der Waals surface area contributed by atoms with E-state index < -0.39 is 0 Å². The van der Waals surface area contributed by atoms with Crippen molar-refractivity contribution in [1.29, 1.82) is 0 Å². The summed E-state index contributed by atoms with van der Waals surface area (Å²) in [5, 5.41) is 0. The summed E-state index contributed by atoms with van der Waals surface area (Å²) in [6, 6.07) is 0. The molecule has 0 aromatic carbocycles. The third-order valence-corrected chi connectivity index (χ3v) is 4.33. The molecule has 0 aliphatic carbocycles. The van der Waals surface area contributed by atoms with E-state index in [0.717, 1.165) is 51.7 Å². The fraction of sp³-hybridized carbons (Fsp3) is 0.800. The van der Waals surface area contributed by atoms with Crippen LogP contribution in [-0.2, 0) is 24.2 Å². The number of imidazole rings is 1. The van der Waals surface area contributed by atoms with Gasteiger partial charge in [0.05, 0.1) is 12.3 Å². The molecule has 0 spiro atoms. The van der Waals surface area contributed by atoms with Crippen LogP contribution in [0, 0.1) is 5.92 Å². The molecule has 1 atom stereocenters. The number of nitrogens with zero attached hydrogens (tertiary/aromatic N) is 4. The Morgan fingerprint density at radius 3 is 3.00 bits per heavy atom.